The molecule has 2 aromatic rings. The van der Waals surface area contributed by atoms with Gasteiger partial charge in [0.2, 0.25) is 5.91 Å². The standard InChI is InChI=1S/C18H16N4O4S/c1-12-4-2-6-14(10-12)17(24)20-21-18(27)19-16(23)9-8-13-5-3-7-15(11-13)22(25)26/h2-11H,1H3,(H,20,24)(H2,19,21,23,27)/b9-8+. The number of aryl methyl sites for hydroxylation is 1. The summed E-state index contributed by atoms with van der Waals surface area (Å²) in [5.74, 6) is -0.953. The highest BCUT2D eigenvalue weighted by Crippen LogP contribution is 2.13. The van der Waals surface area contributed by atoms with E-state index in [0.29, 0.717) is 11.1 Å². The summed E-state index contributed by atoms with van der Waals surface area (Å²) in [6.07, 6.45) is 2.59. The van der Waals surface area contributed by atoms with Gasteiger partial charge in [-0.2, -0.15) is 0 Å². The fourth-order valence-corrected chi connectivity index (χ4v) is 2.22. The maximum atomic E-state index is 12.0. The predicted molar refractivity (Wildman–Crippen MR) is 105 cm³/mol. The summed E-state index contributed by atoms with van der Waals surface area (Å²) in [6, 6.07) is 12.8. The smallest absolute Gasteiger partial charge is 0.270 e. The van der Waals surface area contributed by atoms with E-state index < -0.39 is 16.7 Å². The average Bonchev–Trinajstić information content (AvgIpc) is 2.64. The van der Waals surface area contributed by atoms with Crippen molar-refractivity contribution in [3.05, 3.63) is 81.4 Å². The molecule has 8 nitrogen and oxygen atoms in total. The highest BCUT2D eigenvalue weighted by Gasteiger charge is 2.07. The number of hydrogen-bond acceptors (Lipinski definition) is 5. The first kappa shape index (κ1) is 19.7. The van der Waals surface area contributed by atoms with E-state index in [1.807, 2.05) is 13.0 Å². The number of nitrogens with zero attached hydrogens (tertiary/aromatic N) is 1. The Morgan fingerprint density at radius 3 is 2.56 bits per heavy atom. The van der Waals surface area contributed by atoms with Crippen LogP contribution in [0, 0.1) is 17.0 Å². The van der Waals surface area contributed by atoms with Gasteiger partial charge in [-0.15, -0.1) is 0 Å². The zero-order valence-electron chi connectivity index (χ0n) is 14.3. The van der Waals surface area contributed by atoms with Crippen molar-refractivity contribution in [3.63, 3.8) is 0 Å². The molecule has 0 fully saturated rings. The van der Waals surface area contributed by atoms with Gasteiger partial charge in [0.15, 0.2) is 5.11 Å². The Morgan fingerprint density at radius 1 is 1.11 bits per heavy atom. The lowest BCUT2D eigenvalue weighted by molar-refractivity contribution is -0.384. The van der Waals surface area contributed by atoms with Crippen LogP contribution in [-0.2, 0) is 4.79 Å². The number of carbonyl (C=O) groups excluding carboxylic acids is 2. The molecule has 0 bridgehead atoms. The molecule has 0 atom stereocenters. The molecule has 3 N–H and O–H groups in total. The third-order valence-corrected chi connectivity index (χ3v) is 3.52. The van der Waals surface area contributed by atoms with Crippen LogP contribution in [0.15, 0.2) is 54.6 Å². The summed E-state index contributed by atoms with van der Waals surface area (Å²) in [5.41, 5.74) is 6.61. The fraction of sp³-hybridized carbons (Fsp3) is 0.0556. The molecule has 2 amide bonds. The van der Waals surface area contributed by atoms with Crippen molar-refractivity contribution in [1.82, 2.24) is 16.2 Å². The van der Waals surface area contributed by atoms with Crippen LogP contribution < -0.4 is 16.2 Å². The molecule has 138 valence electrons. The van der Waals surface area contributed by atoms with Crippen molar-refractivity contribution in [3.8, 4) is 0 Å². The molecule has 0 aliphatic rings. The summed E-state index contributed by atoms with van der Waals surface area (Å²) in [4.78, 5) is 34.0. The van der Waals surface area contributed by atoms with Gasteiger partial charge in [0.25, 0.3) is 11.6 Å². The highest BCUT2D eigenvalue weighted by atomic mass is 32.1. The number of nitrogens with one attached hydrogen (secondary N) is 3. The fourth-order valence-electron chi connectivity index (χ4n) is 2.07. The third kappa shape index (κ3) is 6.33. The second kappa shape index (κ2) is 9.20. The lowest BCUT2D eigenvalue weighted by atomic mass is 10.1. The number of amides is 2. The second-order valence-electron chi connectivity index (χ2n) is 5.45. The van der Waals surface area contributed by atoms with Crippen LogP contribution in [0.25, 0.3) is 6.08 Å². The molecule has 0 spiro atoms. The summed E-state index contributed by atoms with van der Waals surface area (Å²) in [5, 5.41) is 13.0. The van der Waals surface area contributed by atoms with Gasteiger partial charge in [-0.3, -0.25) is 35.9 Å². The predicted octanol–water partition coefficient (Wildman–Crippen LogP) is 2.25. The van der Waals surface area contributed by atoms with Gasteiger partial charge in [0, 0.05) is 23.8 Å². The van der Waals surface area contributed by atoms with E-state index in [0.717, 1.165) is 5.56 Å². The maximum Gasteiger partial charge on any atom is 0.270 e. The zero-order chi connectivity index (χ0) is 19.8. The number of non-ortho nitro benzene ring substituents is 1. The summed E-state index contributed by atoms with van der Waals surface area (Å²) < 4.78 is 0. The minimum absolute atomic E-state index is 0.0754. The van der Waals surface area contributed by atoms with Crippen LogP contribution in [0.3, 0.4) is 0 Å². The van der Waals surface area contributed by atoms with E-state index in [1.165, 1.54) is 30.4 Å². The number of hydrogen-bond donors (Lipinski definition) is 3. The van der Waals surface area contributed by atoms with Crippen LogP contribution >= 0.6 is 12.2 Å². The molecule has 0 heterocycles. The number of carbonyl (C=O) groups is 2. The van der Waals surface area contributed by atoms with E-state index >= 15 is 0 Å². The Kier molecular flexibility index (Phi) is 6.73. The third-order valence-electron chi connectivity index (χ3n) is 3.31. The van der Waals surface area contributed by atoms with Crippen LogP contribution in [0.4, 0.5) is 5.69 Å². The van der Waals surface area contributed by atoms with Crippen LogP contribution in [-0.4, -0.2) is 21.9 Å². The van der Waals surface area contributed by atoms with E-state index in [4.69, 9.17) is 12.2 Å². The minimum atomic E-state index is -0.552. The lowest BCUT2D eigenvalue weighted by Crippen LogP contribution is -2.48. The summed E-state index contributed by atoms with van der Waals surface area (Å²) >= 11 is 4.93. The Morgan fingerprint density at radius 2 is 1.85 bits per heavy atom. The SMILES string of the molecule is Cc1cccc(C(=O)NNC(=S)NC(=O)/C=C/c2cccc([N+](=O)[O-])c2)c1. The number of rotatable bonds is 4. The summed E-state index contributed by atoms with van der Waals surface area (Å²) in [7, 11) is 0. The highest BCUT2D eigenvalue weighted by molar-refractivity contribution is 7.80. The molecule has 2 aromatic carbocycles. The summed E-state index contributed by atoms with van der Waals surface area (Å²) in [6.45, 7) is 1.86. The monoisotopic (exact) mass is 384 g/mol. The van der Waals surface area contributed by atoms with Crippen molar-refractivity contribution in [2.75, 3.05) is 0 Å². The number of benzene rings is 2. The molecule has 0 radical (unpaired) electrons. The van der Waals surface area contributed by atoms with Crippen molar-refractivity contribution < 1.29 is 14.5 Å². The van der Waals surface area contributed by atoms with Gasteiger partial charge in [-0.1, -0.05) is 29.8 Å². The van der Waals surface area contributed by atoms with E-state index in [9.17, 15) is 19.7 Å². The number of hydrazine groups is 1. The molecule has 27 heavy (non-hydrogen) atoms. The quantitative estimate of drug-likeness (QED) is 0.322. The first-order valence-electron chi connectivity index (χ1n) is 7.75. The number of nitro groups is 1. The Hall–Kier alpha value is -3.59. The molecule has 0 saturated heterocycles. The Labute approximate surface area is 160 Å². The van der Waals surface area contributed by atoms with Crippen molar-refractivity contribution in [1.29, 1.82) is 0 Å². The molecule has 0 aromatic heterocycles. The Balaban J connectivity index is 1.85. The molecule has 0 aliphatic carbocycles. The molecule has 0 unspecified atom stereocenters. The van der Waals surface area contributed by atoms with E-state index in [-0.39, 0.29) is 10.8 Å². The second-order valence-corrected chi connectivity index (χ2v) is 5.86. The van der Waals surface area contributed by atoms with Crippen molar-refractivity contribution in [2.45, 2.75) is 6.92 Å². The first-order valence-corrected chi connectivity index (χ1v) is 8.16. The number of nitro benzene ring substituents is 1. The normalized spacial score (nSPS) is 10.3. The maximum absolute atomic E-state index is 12.0. The molecule has 0 aliphatic heterocycles. The lowest BCUT2D eigenvalue weighted by Gasteiger charge is -2.10. The number of thiocarbonyl (C=S) groups is 1. The zero-order valence-corrected chi connectivity index (χ0v) is 15.1. The van der Waals surface area contributed by atoms with Gasteiger partial charge < -0.3 is 0 Å². The van der Waals surface area contributed by atoms with Gasteiger partial charge in [0.1, 0.15) is 0 Å². The molecule has 0 saturated carbocycles. The topological polar surface area (TPSA) is 113 Å². The van der Waals surface area contributed by atoms with Gasteiger partial charge in [-0.05, 0) is 42.9 Å². The average molecular weight is 384 g/mol. The van der Waals surface area contributed by atoms with Gasteiger partial charge in [0.05, 0.1) is 4.92 Å². The van der Waals surface area contributed by atoms with E-state index in [2.05, 4.69) is 16.2 Å². The van der Waals surface area contributed by atoms with Crippen LogP contribution in [0.1, 0.15) is 21.5 Å². The minimum Gasteiger partial charge on any atom is -0.298 e. The Bertz CT molecular complexity index is 927. The molecule has 2 rings (SSSR count). The molecular formula is C18H16N4O4S. The van der Waals surface area contributed by atoms with Crippen molar-refractivity contribution in [2.24, 2.45) is 0 Å². The van der Waals surface area contributed by atoms with Crippen LogP contribution in [0.5, 0.6) is 0 Å². The van der Waals surface area contributed by atoms with Gasteiger partial charge >= 0.3 is 0 Å². The molecular weight excluding hydrogens is 368 g/mol. The first-order chi connectivity index (χ1) is 12.8. The van der Waals surface area contributed by atoms with Gasteiger partial charge in [-0.25, -0.2) is 0 Å². The molecule has 9 heteroatoms. The largest absolute Gasteiger partial charge is 0.298 e. The van der Waals surface area contributed by atoms with E-state index in [1.54, 1.807) is 24.3 Å². The van der Waals surface area contributed by atoms with Crippen LogP contribution in [0.2, 0.25) is 0 Å². The van der Waals surface area contributed by atoms with Crippen molar-refractivity contribution >= 4 is 40.9 Å².